The number of hydrogen-bond donors (Lipinski definition) is 0. The van der Waals surface area contributed by atoms with Crippen molar-refractivity contribution in [1.29, 1.82) is 0 Å². The molecular weight excluding hydrogens is 212 g/mol. The summed E-state index contributed by atoms with van der Waals surface area (Å²) in [6, 6.07) is 10.7. The fourth-order valence-corrected chi connectivity index (χ4v) is 3.19. The lowest BCUT2D eigenvalue weighted by atomic mass is 9.79. The first-order valence-corrected chi connectivity index (χ1v) is 6.71. The first kappa shape index (κ1) is 11.2. The third-order valence-corrected chi connectivity index (χ3v) is 4.05. The van der Waals surface area contributed by atoms with Crippen LogP contribution in [0.3, 0.4) is 0 Å². The predicted octanol–water partition coefficient (Wildman–Crippen LogP) is 3.16. The van der Waals surface area contributed by atoms with E-state index in [0.717, 1.165) is 26.1 Å². The minimum absolute atomic E-state index is 0.256. The van der Waals surface area contributed by atoms with E-state index in [-0.39, 0.29) is 5.79 Å². The summed E-state index contributed by atoms with van der Waals surface area (Å²) in [7, 11) is 0. The van der Waals surface area contributed by atoms with E-state index >= 15 is 0 Å². The molecule has 1 aliphatic carbocycles. The third-order valence-electron chi connectivity index (χ3n) is 4.05. The van der Waals surface area contributed by atoms with Crippen molar-refractivity contribution in [3.63, 3.8) is 0 Å². The van der Waals surface area contributed by atoms with Crippen LogP contribution in [0.5, 0.6) is 0 Å². The van der Waals surface area contributed by atoms with Gasteiger partial charge >= 0.3 is 0 Å². The largest absolute Gasteiger partial charge is 0.347 e. The van der Waals surface area contributed by atoms with Crippen LogP contribution >= 0.6 is 0 Å². The van der Waals surface area contributed by atoms with Crippen molar-refractivity contribution in [2.75, 3.05) is 13.2 Å². The Morgan fingerprint density at radius 2 is 1.82 bits per heavy atom. The topological polar surface area (TPSA) is 18.5 Å². The van der Waals surface area contributed by atoms with Crippen LogP contribution in [0, 0.1) is 5.92 Å². The summed E-state index contributed by atoms with van der Waals surface area (Å²) in [6.07, 6.45) is 5.94. The smallest absolute Gasteiger partial charge is 0.171 e. The van der Waals surface area contributed by atoms with Gasteiger partial charge in [-0.1, -0.05) is 36.8 Å². The zero-order chi connectivity index (χ0) is 11.6. The maximum atomic E-state index is 5.94. The van der Waals surface area contributed by atoms with Gasteiger partial charge in [0, 0.05) is 12.3 Å². The summed E-state index contributed by atoms with van der Waals surface area (Å²) in [6.45, 7) is 1.54. The maximum Gasteiger partial charge on any atom is 0.171 e. The van der Waals surface area contributed by atoms with Crippen LogP contribution in [-0.2, 0) is 15.9 Å². The Labute approximate surface area is 103 Å². The molecule has 1 aromatic rings. The Hall–Kier alpha value is -0.860. The molecule has 1 saturated carbocycles. The van der Waals surface area contributed by atoms with E-state index in [1.807, 2.05) is 0 Å². The maximum absolute atomic E-state index is 5.94. The molecule has 0 N–H and O–H groups in total. The van der Waals surface area contributed by atoms with Crippen LogP contribution in [-0.4, -0.2) is 19.0 Å². The second-order valence-corrected chi connectivity index (χ2v) is 5.14. The molecule has 0 aromatic heterocycles. The van der Waals surface area contributed by atoms with E-state index in [4.69, 9.17) is 9.47 Å². The predicted molar refractivity (Wildman–Crippen MR) is 66.7 cm³/mol. The molecule has 2 fully saturated rings. The molecule has 0 bridgehead atoms. The molecule has 1 spiro atoms. The highest BCUT2D eigenvalue weighted by Gasteiger charge is 2.45. The Bertz CT molecular complexity index is 354. The molecule has 17 heavy (non-hydrogen) atoms. The molecule has 3 rings (SSSR count). The summed E-state index contributed by atoms with van der Waals surface area (Å²) in [4.78, 5) is 0. The first-order valence-electron chi connectivity index (χ1n) is 6.71. The van der Waals surface area contributed by atoms with Gasteiger partial charge in [0.1, 0.15) is 0 Å². The van der Waals surface area contributed by atoms with Gasteiger partial charge < -0.3 is 9.47 Å². The number of ether oxygens (including phenoxy) is 2. The van der Waals surface area contributed by atoms with E-state index in [1.54, 1.807) is 0 Å². The molecule has 1 heterocycles. The Morgan fingerprint density at radius 3 is 2.59 bits per heavy atom. The van der Waals surface area contributed by atoms with E-state index < -0.39 is 0 Å². The quantitative estimate of drug-likeness (QED) is 0.779. The van der Waals surface area contributed by atoms with Gasteiger partial charge in [0.15, 0.2) is 5.79 Å². The Morgan fingerprint density at radius 1 is 1.06 bits per heavy atom. The summed E-state index contributed by atoms with van der Waals surface area (Å²) < 4.78 is 11.9. The Balaban J connectivity index is 1.76. The minimum atomic E-state index is -0.256. The molecule has 1 atom stereocenters. The SMILES string of the molecule is c1ccc(CC2CCCCC23OCCO3)cc1. The molecule has 1 unspecified atom stereocenters. The highest BCUT2D eigenvalue weighted by Crippen LogP contribution is 2.41. The molecule has 1 aromatic carbocycles. The third kappa shape index (κ3) is 2.24. The second-order valence-electron chi connectivity index (χ2n) is 5.14. The number of hydrogen-bond acceptors (Lipinski definition) is 2. The summed E-state index contributed by atoms with van der Waals surface area (Å²) >= 11 is 0. The van der Waals surface area contributed by atoms with E-state index in [2.05, 4.69) is 30.3 Å². The van der Waals surface area contributed by atoms with Crippen LogP contribution in [0.25, 0.3) is 0 Å². The number of benzene rings is 1. The molecular formula is C15H20O2. The molecule has 2 aliphatic rings. The van der Waals surface area contributed by atoms with Gasteiger partial charge in [-0.25, -0.2) is 0 Å². The molecule has 2 heteroatoms. The monoisotopic (exact) mass is 232 g/mol. The summed E-state index contributed by atoms with van der Waals surface area (Å²) in [5.41, 5.74) is 1.40. The lowest BCUT2D eigenvalue weighted by molar-refractivity contribution is -0.212. The average molecular weight is 232 g/mol. The first-order chi connectivity index (χ1) is 8.39. The van der Waals surface area contributed by atoms with Crippen molar-refractivity contribution < 1.29 is 9.47 Å². The van der Waals surface area contributed by atoms with Crippen molar-refractivity contribution in [1.82, 2.24) is 0 Å². The lowest BCUT2D eigenvalue weighted by Crippen LogP contribution is -2.42. The van der Waals surface area contributed by atoms with Crippen LogP contribution < -0.4 is 0 Å². The lowest BCUT2D eigenvalue weighted by Gasteiger charge is -2.39. The fourth-order valence-electron chi connectivity index (χ4n) is 3.19. The van der Waals surface area contributed by atoms with Crippen molar-refractivity contribution in [2.24, 2.45) is 5.92 Å². The van der Waals surface area contributed by atoms with Gasteiger partial charge in [-0.05, 0) is 24.8 Å². The van der Waals surface area contributed by atoms with Crippen LogP contribution in [0.1, 0.15) is 31.2 Å². The van der Waals surface area contributed by atoms with E-state index in [9.17, 15) is 0 Å². The van der Waals surface area contributed by atoms with E-state index in [0.29, 0.717) is 5.92 Å². The Kier molecular flexibility index (Phi) is 3.17. The van der Waals surface area contributed by atoms with Crippen molar-refractivity contribution in [3.8, 4) is 0 Å². The van der Waals surface area contributed by atoms with Crippen LogP contribution in [0.2, 0.25) is 0 Å². The van der Waals surface area contributed by atoms with Gasteiger partial charge in [0.25, 0.3) is 0 Å². The number of rotatable bonds is 2. The van der Waals surface area contributed by atoms with Crippen LogP contribution in [0.15, 0.2) is 30.3 Å². The van der Waals surface area contributed by atoms with Crippen molar-refractivity contribution in [3.05, 3.63) is 35.9 Å². The minimum Gasteiger partial charge on any atom is -0.347 e. The van der Waals surface area contributed by atoms with Gasteiger partial charge in [-0.15, -0.1) is 0 Å². The molecule has 1 aliphatic heterocycles. The van der Waals surface area contributed by atoms with Gasteiger partial charge in [-0.2, -0.15) is 0 Å². The summed E-state index contributed by atoms with van der Waals surface area (Å²) in [5.74, 6) is 0.273. The van der Waals surface area contributed by atoms with Gasteiger partial charge in [-0.3, -0.25) is 0 Å². The standard InChI is InChI=1S/C15H20O2/c1-2-6-13(7-3-1)12-14-8-4-5-9-15(14)16-10-11-17-15/h1-3,6-7,14H,4-5,8-12H2. The van der Waals surface area contributed by atoms with E-state index in [1.165, 1.54) is 24.8 Å². The van der Waals surface area contributed by atoms with Crippen molar-refractivity contribution in [2.45, 2.75) is 37.9 Å². The summed E-state index contributed by atoms with van der Waals surface area (Å²) in [5, 5.41) is 0. The van der Waals surface area contributed by atoms with Crippen LogP contribution in [0.4, 0.5) is 0 Å². The molecule has 0 amide bonds. The van der Waals surface area contributed by atoms with Gasteiger partial charge in [0.2, 0.25) is 0 Å². The molecule has 0 radical (unpaired) electrons. The molecule has 92 valence electrons. The fraction of sp³-hybridized carbons (Fsp3) is 0.600. The zero-order valence-electron chi connectivity index (χ0n) is 10.2. The van der Waals surface area contributed by atoms with Crippen molar-refractivity contribution >= 4 is 0 Å². The second kappa shape index (κ2) is 4.79. The molecule has 1 saturated heterocycles. The highest BCUT2D eigenvalue weighted by atomic mass is 16.7. The van der Waals surface area contributed by atoms with Gasteiger partial charge in [0.05, 0.1) is 13.2 Å². The highest BCUT2D eigenvalue weighted by molar-refractivity contribution is 5.16. The molecule has 2 nitrogen and oxygen atoms in total. The zero-order valence-corrected chi connectivity index (χ0v) is 10.2. The normalized spacial score (nSPS) is 27.4. The average Bonchev–Trinajstić information content (AvgIpc) is 2.83.